The third-order valence-corrected chi connectivity index (χ3v) is 7.67. The molecule has 1 saturated heterocycles. The van der Waals surface area contributed by atoms with Crippen LogP contribution in [-0.2, 0) is 10.5 Å². The lowest BCUT2D eigenvalue weighted by Gasteiger charge is -2.31. The summed E-state index contributed by atoms with van der Waals surface area (Å²) < 4.78 is 11.1. The SMILES string of the molecule is CCOC(=O)N1CCC(NC(=O)c2oc3ccccc3c2CSC2CCCCC2)CC1. The van der Waals surface area contributed by atoms with E-state index in [1.165, 1.54) is 32.1 Å². The van der Waals surface area contributed by atoms with Crippen LogP contribution >= 0.6 is 11.8 Å². The number of nitrogens with one attached hydrogen (secondary N) is 1. The quantitative estimate of drug-likeness (QED) is 0.650. The van der Waals surface area contributed by atoms with E-state index in [4.69, 9.17) is 9.15 Å². The van der Waals surface area contributed by atoms with Crippen LogP contribution in [0.15, 0.2) is 28.7 Å². The van der Waals surface area contributed by atoms with Gasteiger partial charge in [0, 0.05) is 41.1 Å². The molecule has 0 spiro atoms. The van der Waals surface area contributed by atoms with Gasteiger partial charge >= 0.3 is 6.09 Å². The largest absolute Gasteiger partial charge is 0.451 e. The first kappa shape index (κ1) is 22.1. The van der Waals surface area contributed by atoms with Gasteiger partial charge in [-0.1, -0.05) is 37.5 Å². The summed E-state index contributed by atoms with van der Waals surface area (Å²) in [7, 11) is 0. The summed E-state index contributed by atoms with van der Waals surface area (Å²) >= 11 is 1.96. The fraction of sp³-hybridized carbons (Fsp3) is 0.583. The Morgan fingerprint density at radius 2 is 1.87 bits per heavy atom. The van der Waals surface area contributed by atoms with Gasteiger partial charge in [-0.3, -0.25) is 4.79 Å². The lowest BCUT2D eigenvalue weighted by Crippen LogP contribution is -2.46. The number of piperidine rings is 1. The number of carbonyl (C=O) groups excluding carboxylic acids is 2. The first-order valence-electron chi connectivity index (χ1n) is 11.5. The minimum absolute atomic E-state index is 0.0326. The number of fused-ring (bicyclic) bond motifs is 1. The van der Waals surface area contributed by atoms with Crippen molar-refractivity contribution in [1.29, 1.82) is 0 Å². The summed E-state index contributed by atoms with van der Waals surface area (Å²) in [6, 6.07) is 7.95. The van der Waals surface area contributed by atoms with Crippen molar-refractivity contribution in [2.75, 3.05) is 19.7 Å². The minimum Gasteiger partial charge on any atom is -0.451 e. The number of nitrogens with zero attached hydrogens (tertiary/aromatic N) is 1. The van der Waals surface area contributed by atoms with Crippen LogP contribution in [0.3, 0.4) is 0 Å². The maximum Gasteiger partial charge on any atom is 0.409 e. The van der Waals surface area contributed by atoms with Gasteiger partial charge in [0.1, 0.15) is 5.58 Å². The van der Waals surface area contributed by atoms with Crippen LogP contribution in [0.5, 0.6) is 0 Å². The lowest BCUT2D eigenvalue weighted by atomic mass is 10.0. The van der Waals surface area contributed by atoms with E-state index in [1.807, 2.05) is 43.0 Å². The summed E-state index contributed by atoms with van der Waals surface area (Å²) in [5.41, 5.74) is 1.77. The second-order valence-corrected chi connectivity index (χ2v) is 9.70. The van der Waals surface area contributed by atoms with E-state index in [-0.39, 0.29) is 18.0 Å². The summed E-state index contributed by atoms with van der Waals surface area (Å²) in [5, 5.41) is 4.85. The van der Waals surface area contributed by atoms with Crippen molar-refractivity contribution in [2.24, 2.45) is 0 Å². The molecule has 1 aliphatic heterocycles. The number of carbonyl (C=O) groups is 2. The molecule has 2 heterocycles. The van der Waals surface area contributed by atoms with Crippen LogP contribution in [0.1, 0.15) is 68.0 Å². The third-order valence-electron chi connectivity index (χ3n) is 6.28. The van der Waals surface area contributed by atoms with Gasteiger partial charge in [0.2, 0.25) is 0 Å². The number of para-hydroxylation sites is 1. The predicted molar refractivity (Wildman–Crippen MR) is 123 cm³/mol. The van der Waals surface area contributed by atoms with Gasteiger partial charge < -0.3 is 19.4 Å². The smallest absolute Gasteiger partial charge is 0.409 e. The molecule has 1 aromatic heterocycles. The van der Waals surface area contributed by atoms with Crippen LogP contribution in [0.25, 0.3) is 11.0 Å². The fourth-order valence-corrected chi connectivity index (χ4v) is 5.89. The van der Waals surface area contributed by atoms with Crippen molar-refractivity contribution < 1.29 is 18.7 Å². The van der Waals surface area contributed by atoms with Crippen LogP contribution < -0.4 is 5.32 Å². The summed E-state index contributed by atoms with van der Waals surface area (Å²) in [5.74, 6) is 1.09. The monoisotopic (exact) mass is 444 g/mol. The number of rotatable bonds is 6. The maximum absolute atomic E-state index is 13.2. The van der Waals surface area contributed by atoms with Crippen molar-refractivity contribution in [2.45, 2.75) is 68.9 Å². The molecular weight excluding hydrogens is 412 g/mol. The van der Waals surface area contributed by atoms with Gasteiger partial charge in [-0.05, 0) is 38.7 Å². The van der Waals surface area contributed by atoms with E-state index in [0.717, 1.165) is 35.1 Å². The molecule has 1 aromatic carbocycles. The van der Waals surface area contributed by atoms with Crippen molar-refractivity contribution in [3.05, 3.63) is 35.6 Å². The molecule has 2 aliphatic rings. The molecule has 1 aliphatic carbocycles. The highest BCUT2D eigenvalue weighted by Crippen LogP contribution is 2.35. The molecule has 0 unspecified atom stereocenters. The van der Waals surface area contributed by atoms with Gasteiger partial charge in [0.15, 0.2) is 5.76 Å². The molecule has 1 saturated carbocycles. The molecule has 2 aromatic rings. The summed E-state index contributed by atoms with van der Waals surface area (Å²) in [4.78, 5) is 26.8. The average molecular weight is 445 g/mol. The van der Waals surface area contributed by atoms with E-state index in [0.29, 0.717) is 30.7 Å². The third kappa shape index (κ3) is 5.37. The molecule has 168 valence electrons. The molecule has 0 radical (unpaired) electrons. The maximum atomic E-state index is 13.2. The van der Waals surface area contributed by atoms with E-state index >= 15 is 0 Å². The molecule has 2 fully saturated rings. The molecule has 1 N–H and O–H groups in total. The second-order valence-electron chi connectivity index (χ2n) is 8.41. The lowest BCUT2D eigenvalue weighted by molar-refractivity contribution is 0.0841. The second kappa shape index (κ2) is 10.4. The zero-order chi connectivity index (χ0) is 21.6. The molecular formula is C24H32N2O4S. The van der Waals surface area contributed by atoms with E-state index in [1.54, 1.807) is 4.90 Å². The number of thioether (sulfide) groups is 1. The fourth-order valence-electron chi connectivity index (χ4n) is 4.53. The number of amides is 2. The number of hydrogen-bond acceptors (Lipinski definition) is 5. The van der Waals surface area contributed by atoms with Gasteiger partial charge in [-0.15, -0.1) is 0 Å². The van der Waals surface area contributed by atoms with Gasteiger partial charge in [-0.2, -0.15) is 11.8 Å². The summed E-state index contributed by atoms with van der Waals surface area (Å²) in [6.45, 7) is 3.37. The van der Waals surface area contributed by atoms with Gasteiger partial charge in [-0.25, -0.2) is 4.79 Å². The van der Waals surface area contributed by atoms with Crippen LogP contribution in [-0.4, -0.2) is 47.9 Å². The topological polar surface area (TPSA) is 71.8 Å². The molecule has 4 rings (SSSR count). The molecule has 0 bridgehead atoms. The number of ether oxygens (including phenoxy) is 1. The van der Waals surface area contributed by atoms with Crippen molar-refractivity contribution in [3.8, 4) is 0 Å². The van der Waals surface area contributed by atoms with E-state index < -0.39 is 0 Å². The Balaban J connectivity index is 1.42. The van der Waals surface area contributed by atoms with Crippen LogP contribution in [0.4, 0.5) is 4.79 Å². The van der Waals surface area contributed by atoms with Gasteiger partial charge in [0.05, 0.1) is 6.61 Å². The van der Waals surface area contributed by atoms with Gasteiger partial charge in [0.25, 0.3) is 5.91 Å². The minimum atomic E-state index is -0.272. The molecule has 6 nitrogen and oxygen atoms in total. The zero-order valence-electron chi connectivity index (χ0n) is 18.2. The predicted octanol–water partition coefficient (Wildman–Crippen LogP) is 5.35. The highest BCUT2D eigenvalue weighted by atomic mass is 32.2. The highest BCUT2D eigenvalue weighted by molar-refractivity contribution is 7.99. The Labute approximate surface area is 188 Å². The first-order valence-corrected chi connectivity index (χ1v) is 12.5. The molecule has 2 amide bonds. The molecule has 0 atom stereocenters. The van der Waals surface area contributed by atoms with Crippen molar-refractivity contribution in [1.82, 2.24) is 10.2 Å². The first-order chi connectivity index (χ1) is 15.2. The Kier molecular flexibility index (Phi) is 7.43. The Morgan fingerprint density at radius 1 is 1.13 bits per heavy atom. The van der Waals surface area contributed by atoms with E-state index in [9.17, 15) is 9.59 Å². The standard InChI is InChI=1S/C24H32N2O4S/c1-2-29-24(28)26-14-12-17(13-15-26)25-23(27)22-20(16-31-18-8-4-3-5-9-18)19-10-6-7-11-21(19)30-22/h6-7,10-11,17-18H,2-5,8-9,12-16H2,1H3,(H,25,27). The van der Waals surface area contributed by atoms with Crippen LogP contribution in [0.2, 0.25) is 0 Å². The van der Waals surface area contributed by atoms with Crippen molar-refractivity contribution in [3.63, 3.8) is 0 Å². The number of furan rings is 1. The number of hydrogen-bond donors (Lipinski definition) is 1. The van der Waals surface area contributed by atoms with E-state index in [2.05, 4.69) is 5.32 Å². The molecule has 7 heteroatoms. The zero-order valence-corrected chi connectivity index (χ0v) is 19.0. The normalized spacial score (nSPS) is 18.3. The summed E-state index contributed by atoms with van der Waals surface area (Å²) in [6.07, 6.45) is 7.65. The molecule has 31 heavy (non-hydrogen) atoms. The van der Waals surface area contributed by atoms with Crippen LogP contribution in [0, 0.1) is 0 Å². The highest BCUT2D eigenvalue weighted by Gasteiger charge is 2.28. The Morgan fingerprint density at radius 3 is 2.61 bits per heavy atom. The van der Waals surface area contributed by atoms with Crippen molar-refractivity contribution >= 4 is 34.7 Å². The number of likely N-dealkylation sites (tertiary alicyclic amines) is 1. The Hall–Kier alpha value is -2.15. The average Bonchev–Trinajstić information content (AvgIpc) is 3.18. The number of benzene rings is 1. The Bertz CT molecular complexity index is 898.